The molecular formula is C30H28F4N6O. The zero-order chi connectivity index (χ0) is 28.9. The third kappa shape index (κ3) is 3.32. The molecule has 7 rings (SSSR count). The number of alkyl halides is 3. The summed E-state index contributed by atoms with van der Waals surface area (Å²) < 4.78 is 64.2. The number of nitrogens with zero attached hydrogens (tertiary/aromatic N) is 5. The van der Waals surface area contributed by atoms with Crippen molar-refractivity contribution < 1.29 is 22.3 Å². The third-order valence-corrected chi connectivity index (χ3v) is 9.05. The summed E-state index contributed by atoms with van der Waals surface area (Å²) in [7, 11) is 1.51. The van der Waals surface area contributed by atoms with Gasteiger partial charge in [0.15, 0.2) is 5.60 Å². The fraction of sp³-hybridized carbons (Fsp3) is 0.367. The highest BCUT2D eigenvalue weighted by atomic mass is 19.4. The molecule has 11 heteroatoms. The Hall–Kier alpha value is -3.99. The lowest BCUT2D eigenvalue weighted by molar-refractivity contribution is -0.138. The molecule has 212 valence electrons. The molecule has 7 nitrogen and oxygen atoms in total. The fourth-order valence-corrected chi connectivity index (χ4v) is 6.89. The molecule has 2 aliphatic heterocycles. The highest BCUT2D eigenvalue weighted by Crippen LogP contribution is 2.60. The highest BCUT2D eigenvalue weighted by Gasteiger charge is 2.56. The van der Waals surface area contributed by atoms with Crippen LogP contribution in [0.5, 0.6) is 0 Å². The van der Waals surface area contributed by atoms with Crippen molar-refractivity contribution in [1.82, 2.24) is 24.7 Å². The molecule has 0 fully saturated rings. The first kappa shape index (κ1) is 25.9. The van der Waals surface area contributed by atoms with Crippen molar-refractivity contribution in [2.45, 2.75) is 57.3 Å². The Kier molecular flexibility index (Phi) is 5.39. The SMILES string of the molecule is CCc1cccc2c1-n1nc3c(c1C1(C)C2=C(F)C(C)(OC)c2[nH]ccc21)CN(c1ncc(C(F)(F)F)cn1)CC3. The molecule has 4 aromatic rings. The largest absolute Gasteiger partial charge is 0.419 e. The lowest BCUT2D eigenvalue weighted by Crippen LogP contribution is -2.44. The Morgan fingerprint density at radius 2 is 1.88 bits per heavy atom. The minimum absolute atomic E-state index is 0.207. The number of aromatic amines is 1. The number of rotatable bonds is 3. The van der Waals surface area contributed by atoms with E-state index in [9.17, 15) is 13.2 Å². The second-order valence-electron chi connectivity index (χ2n) is 11.1. The predicted molar refractivity (Wildman–Crippen MR) is 144 cm³/mol. The summed E-state index contributed by atoms with van der Waals surface area (Å²) in [6.45, 7) is 6.63. The van der Waals surface area contributed by atoms with Gasteiger partial charge in [-0.2, -0.15) is 18.3 Å². The molecule has 0 spiro atoms. The van der Waals surface area contributed by atoms with Crippen LogP contribution in [0.3, 0.4) is 0 Å². The summed E-state index contributed by atoms with van der Waals surface area (Å²) in [5.74, 6) is -0.161. The first-order valence-electron chi connectivity index (χ1n) is 13.6. The van der Waals surface area contributed by atoms with Crippen LogP contribution >= 0.6 is 0 Å². The van der Waals surface area contributed by atoms with Gasteiger partial charge >= 0.3 is 6.18 Å². The molecule has 1 aromatic carbocycles. The molecule has 1 aliphatic carbocycles. The second-order valence-corrected chi connectivity index (χ2v) is 11.1. The number of hydrogen-bond acceptors (Lipinski definition) is 5. The van der Waals surface area contributed by atoms with Crippen LogP contribution in [-0.2, 0) is 41.3 Å². The number of benzene rings is 1. The molecule has 0 saturated carbocycles. The molecule has 2 unspecified atom stereocenters. The molecule has 5 heterocycles. The Labute approximate surface area is 233 Å². The highest BCUT2D eigenvalue weighted by molar-refractivity contribution is 5.90. The maximum absolute atomic E-state index is 17.0. The summed E-state index contributed by atoms with van der Waals surface area (Å²) in [6.07, 6.45) is 0.169. The number of methoxy groups -OCH3 is 1. The number of ether oxygens (including phenoxy) is 1. The van der Waals surface area contributed by atoms with E-state index in [-0.39, 0.29) is 11.8 Å². The van der Waals surface area contributed by atoms with Crippen molar-refractivity contribution in [3.63, 3.8) is 0 Å². The average Bonchev–Trinajstić information content (AvgIpc) is 3.62. The number of allylic oxidation sites excluding steroid dienone is 1. The lowest BCUT2D eigenvalue weighted by Gasteiger charge is -2.46. The maximum Gasteiger partial charge on any atom is 0.419 e. The second kappa shape index (κ2) is 8.51. The minimum atomic E-state index is -4.52. The fourth-order valence-electron chi connectivity index (χ4n) is 6.89. The lowest BCUT2D eigenvalue weighted by atomic mass is 9.61. The summed E-state index contributed by atoms with van der Waals surface area (Å²) in [4.78, 5) is 13.2. The van der Waals surface area contributed by atoms with Gasteiger partial charge < -0.3 is 14.6 Å². The Morgan fingerprint density at radius 3 is 2.56 bits per heavy atom. The first-order chi connectivity index (χ1) is 19.5. The third-order valence-electron chi connectivity index (χ3n) is 9.05. The number of halogens is 4. The van der Waals surface area contributed by atoms with Gasteiger partial charge in [0.1, 0.15) is 5.83 Å². The number of hydrogen-bond donors (Lipinski definition) is 1. The Balaban J connectivity index is 1.47. The molecule has 3 aliphatic rings. The van der Waals surface area contributed by atoms with Crippen molar-refractivity contribution in [3.05, 3.63) is 93.6 Å². The van der Waals surface area contributed by atoms with E-state index in [0.717, 1.165) is 58.1 Å². The molecular weight excluding hydrogens is 536 g/mol. The normalized spacial score (nSPS) is 23.1. The molecule has 0 bridgehead atoms. The summed E-state index contributed by atoms with van der Waals surface area (Å²) >= 11 is 0. The van der Waals surface area contributed by atoms with Crippen molar-refractivity contribution in [3.8, 4) is 5.69 Å². The van der Waals surface area contributed by atoms with Gasteiger partial charge in [-0.15, -0.1) is 0 Å². The van der Waals surface area contributed by atoms with Crippen LogP contribution in [-0.4, -0.2) is 38.4 Å². The van der Waals surface area contributed by atoms with Crippen LogP contribution in [0.25, 0.3) is 11.3 Å². The predicted octanol–water partition coefficient (Wildman–Crippen LogP) is 6.01. The van der Waals surface area contributed by atoms with Gasteiger partial charge in [-0.1, -0.05) is 25.1 Å². The quantitative estimate of drug-likeness (QED) is 0.309. The topological polar surface area (TPSA) is 71.9 Å². The van der Waals surface area contributed by atoms with Gasteiger partial charge in [0, 0.05) is 61.9 Å². The summed E-state index contributed by atoms with van der Waals surface area (Å²) in [5.41, 5.74) is 4.19. The molecule has 0 saturated heterocycles. The number of anilines is 1. The van der Waals surface area contributed by atoms with E-state index in [1.54, 1.807) is 13.1 Å². The first-order valence-corrected chi connectivity index (χ1v) is 13.6. The van der Waals surface area contributed by atoms with Crippen molar-refractivity contribution in [1.29, 1.82) is 0 Å². The van der Waals surface area contributed by atoms with Crippen molar-refractivity contribution >= 4 is 11.5 Å². The van der Waals surface area contributed by atoms with E-state index in [1.165, 1.54) is 7.11 Å². The van der Waals surface area contributed by atoms with Gasteiger partial charge in [0.2, 0.25) is 5.95 Å². The van der Waals surface area contributed by atoms with E-state index < -0.39 is 22.8 Å². The Morgan fingerprint density at radius 1 is 1.12 bits per heavy atom. The van der Waals surface area contributed by atoms with Crippen molar-refractivity contribution in [2.75, 3.05) is 18.6 Å². The number of para-hydroxylation sites is 1. The number of fused-ring (bicyclic) bond motifs is 10. The van der Waals surface area contributed by atoms with Crippen LogP contribution in [0.2, 0.25) is 0 Å². The molecule has 41 heavy (non-hydrogen) atoms. The van der Waals surface area contributed by atoms with Crippen LogP contribution < -0.4 is 4.90 Å². The van der Waals surface area contributed by atoms with Gasteiger partial charge in [-0.3, -0.25) is 0 Å². The van der Waals surface area contributed by atoms with Crippen LogP contribution in [0.1, 0.15) is 65.7 Å². The number of nitrogens with one attached hydrogen (secondary N) is 1. The zero-order valence-electron chi connectivity index (χ0n) is 23.0. The van der Waals surface area contributed by atoms with E-state index in [0.29, 0.717) is 30.8 Å². The van der Waals surface area contributed by atoms with Gasteiger partial charge in [-0.05, 0) is 37.5 Å². The number of H-pyrrole nitrogens is 1. The molecule has 1 N–H and O–H groups in total. The van der Waals surface area contributed by atoms with E-state index in [1.807, 2.05) is 40.8 Å². The maximum atomic E-state index is 17.0. The van der Waals surface area contributed by atoms with Crippen LogP contribution in [0.15, 0.2) is 48.7 Å². The zero-order valence-corrected chi connectivity index (χ0v) is 23.0. The average molecular weight is 565 g/mol. The Bertz CT molecular complexity index is 1740. The smallest absolute Gasteiger partial charge is 0.365 e. The van der Waals surface area contributed by atoms with Gasteiger partial charge in [0.25, 0.3) is 0 Å². The van der Waals surface area contributed by atoms with E-state index in [2.05, 4.69) is 21.9 Å². The monoisotopic (exact) mass is 564 g/mol. The van der Waals surface area contributed by atoms with Gasteiger partial charge in [-0.25, -0.2) is 19.0 Å². The minimum Gasteiger partial charge on any atom is -0.365 e. The molecule has 0 radical (unpaired) electrons. The number of aromatic nitrogens is 5. The van der Waals surface area contributed by atoms with Gasteiger partial charge in [0.05, 0.1) is 33.7 Å². The number of aryl methyl sites for hydroxylation is 1. The molecule has 0 amide bonds. The van der Waals surface area contributed by atoms with E-state index >= 15 is 4.39 Å². The van der Waals surface area contributed by atoms with Crippen LogP contribution in [0.4, 0.5) is 23.5 Å². The summed E-state index contributed by atoms with van der Waals surface area (Å²) in [6, 6.07) is 7.90. The standard InChI is InChI=1S/C30H28F4N6O/c1-5-16-7-6-8-18-22-24(31)29(3,41-4)25-20(9-11-35-25)28(22,2)26-19-15-39(12-10-21(19)38-40(26)23(16)18)27-36-13-17(14-37-27)30(32,33)34/h6-9,11,13-14,35H,5,10,12,15H2,1-4H3. The van der Waals surface area contributed by atoms with E-state index in [4.69, 9.17) is 9.84 Å². The van der Waals surface area contributed by atoms with Crippen LogP contribution in [0, 0.1) is 0 Å². The molecule has 2 atom stereocenters. The van der Waals surface area contributed by atoms with Crippen molar-refractivity contribution in [2.24, 2.45) is 0 Å². The summed E-state index contributed by atoms with van der Waals surface area (Å²) in [5, 5.41) is 5.10. The molecule has 3 aromatic heterocycles.